The molecule has 12 nitrogen and oxygen atoms in total. The van der Waals surface area contributed by atoms with Crippen molar-refractivity contribution in [2.75, 3.05) is 55.1 Å². The molecule has 2 bridgehead atoms. The van der Waals surface area contributed by atoms with E-state index >= 15 is 0 Å². The number of aliphatic hydroxyl groups excluding tert-OH is 3. The van der Waals surface area contributed by atoms with Crippen LogP contribution in [0.1, 0.15) is 118 Å². The lowest BCUT2D eigenvalue weighted by molar-refractivity contribution is -0.227. The van der Waals surface area contributed by atoms with Crippen molar-refractivity contribution in [3.63, 3.8) is 0 Å². The van der Waals surface area contributed by atoms with E-state index in [1.54, 1.807) is 19.1 Å². The Morgan fingerprint density at radius 3 is 2.26 bits per heavy atom. The molecular formula is C46H83N5O7. The second kappa shape index (κ2) is 19.8. The summed E-state index contributed by atoms with van der Waals surface area (Å²) in [7, 11) is 10.2. The van der Waals surface area contributed by atoms with Crippen LogP contribution >= 0.6 is 0 Å². The van der Waals surface area contributed by atoms with E-state index in [9.17, 15) is 24.9 Å². The van der Waals surface area contributed by atoms with E-state index in [0.717, 1.165) is 57.9 Å². The minimum Gasteiger partial charge on any atom is -0.395 e. The van der Waals surface area contributed by atoms with Crippen molar-refractivity contribution >= 4 is 11.8 Å². The first-order valence-electron chi connectivity index (χ1n) is 23.4. The number of methoxy groups -OCH3 is 1. The highest BCUT2D eigenvalue weighted by Gasteiger charge is 2.59. The van der Waals surface area contributed by atoms with E-state index in [0.29, 0.717) is 23.7 Å². The number of carbonyl (C=O) groups is 2. The van der Waals surface area contributed by atoms with Gasteiger partial charge in [-0.15, -0.1) is 0 Å². The summed E-state index contributed by atoms with van der Waals surface area (Å²) in [5.41, 5.74) is 0.277. The Kier molecular flexibility index (Phi) is 15.7. The molecule has 7 aliphatic rings. The maximum absolute atomic E-state index is 14.6. The molecule has 0 aromatic rings. The van der Waals surface area contributed by atoms with Gasteiger partial charge in [0.2, 0.25) is 11.8 Å². The molecule has 0 aromatic carbocycles. The van der Waals surface area contributed by atoms with Gasteiger partial charge in [0, 0.05) is 49.5 Å². The summed E-state index contributed by atoms with van der Waals surface area (Å²) < 4.78 is 6.48. The highest BCUT2D eigenvalue weighted by Crippen LogP contribution is 2.61. The molecule has 6 saturated carbocycles. The average molecular weight is 818 g/mol. The number of nitrogens with one attached hydrogen (secondary N) is 2. The standard InChI is InChI=1S/C46H83N5O7/c1-27-37-22-32(46(37,3)4)23-38(27)48-45(56)42-41(28(2)54)40(26-53)58-51(42)39(25-52)36-17-13-16-35(43(36)57-9)30-19-31(21-34(20-30)50(7)8)44(55)47-33(24-49(5)6)18-29-14-11-10-12-15-29/h27-43,52-54H,10-26H2,1-9H3,(H,47,55)(H,48,56)/t27-,28?,30?,31?,32+,33-,34?,35?,36?,37-,38-,39-,40-,41+,42-,43?/m0/s1. The summed E-state index contributed by atoms with van der Waals surface area (Å²) >= 11 is 0. The zero-order valence-electron chi connectivity index (χ0n) is 37.7. The first-order chi connectivity index (χ1) is 27.6. The van der Waals surface area contributed by atoms with Crippen LogP contribution in [0.3, 0.4) is 0 Å². The van der Waals surface area contributed by atoms with Crippen LogP contribution in [0.15, 0.2) is 0 Å². The van der Waals surface area contributed by atoms with Crippen molar-refractivity contribution in [3.05, 3.63) is 0 Å². The van der Waals surface area contributed by atoms with Crippen LogP contribution in [0.25, 0.3) is 0 Å². The Morgan fingerprint density at radius 2 is 1.67 bits per heavy atom. The lowest BCUT2D eigenvalue weighted by atomic mass is 9.45. The third-order valence-corrected chi connectivity index (χ3v) is 16.9. The third-order valence-electron chi connectivity index (χ3n) is 16.9. The van der Waals surface area contributed by atoms with Crippen LogP contribution in [-0.4, -0.2) is 146 Å². The molecule has 58 heavy (non-hydrogen) atoms. The fourth-order valence-corrected chi connectivity index (χ4v) is 13.6. The Morgan fingerprint density at radius 1 is 0.948 bits per heavy atom. The zero-order valence-corrected chi connectivity index (χ0v) is 37.7. The number of rotatable bonds is 16. The molecule has 5 N–H and O–H groups in total. The van der Waals surface area contributed by atoms with Crippen LogP contribution in [0.2, 0.25) is 0 Å². The molecule has 6 aliphatic carbocycles. The van der Waals surface area contributed by atoms with E-state index < -0.39 is 30.2 Å². The zero-order chi connectivity index (χ0) is 42.1. The van der Waals surface area contributed by atoms with Crippen molar-refractivity contribution in [1.82, 2.24) is 25.5 Å². The Labute approximate surface area is 350 Å². The van der Waals surface area contributed by atoms with E-state index in [1.807, 2.05) is 0 Å². The first kappa shape index (κ1) is 46.1. The van der Waals surface area contributed by atoms with Gasteiger partial charge in [-0.3, -0.25) is 14.4 Å². The fraction of sp³-hybridized carbons (Fsp3) is 0.957. The number of carbonyl (C=O) groups excluding carboxylic acids is 2. The summed E-state index contributed by atoms with van der Waals surface area (Å²) in [5, 5.41) is 41.6. The third kappa shape index (κ3) is 9.79. The average Bonchev–Trinajstić information content (AvgIpc) is 3.58. The predicted molar refractivity (Wildman–Crippen MR) is 226 cm³/mol. The summed E-state index contributed by atoms with van der Waals surface area (Å²) in [6, 6.07) is -1.04. The molecule has 0 radical (unpaired) electrons. The smallest absolute Gasteiger partial charge is 0.240 e. The van der Waals surface area contributed by atoms with E-state index in [-0.39, 0.29) is 78.3 Å². The molecule has 0 spiro atoms. The SMILES string of the molecule is COC1C(C2CC(C(=O)N[C@@H](CC3CCCCC3)CN(C)C)CC(N(C)C)C2)CCCC1[C@H](CO)N1O[C@@H](CO)[C@@H](C(C)O)[C@H]1C(=O)N[C@H]1C[C@H]2C[C@@H]([C@@H]1C)C2(C)C. The van der Waals surface area contributed by atoms with Gasteiger partial charge in [-0.25, -0.2) is 0 Å². The number of ether oxygens (including phenoxy) is 1. The predicted octanol–water partition coefficient (Wildman–Crippen LogP) is 4.30. The number of hydroxylamine groups is 2. The molecule has 2 amide bonds. The van der Waals surface area contributed by atoms with Gasteiger partial charge < -0.3 is 40.5 Å². The highest BCUT2D eigenvalue weighted by molar-refractivity contribution is 5.83. The maximum atomic E-state index is 14.6. The Hall–Kier alpha value is -1.38. The Bertz CT molecular complexity index is 1340. The topological polar surface area (TPSA) is 147 Å². The second-order valence-electron chi connectivity index (χ2n) is 21.2. The van der Waals surface area contributed by atoms with Gasteiger partial charge in [0.05, 0.1) is 31.5 Å². The lowest BCUT2D eigenvalue weighted by Crippen LogP contribution is -2.63. The molecule has 1 aliphatic heterocycles. The highest BCUT2D eigenvalue weighted by atomic mass is 16.7. The molecule has 334 valence electrons. The molecular weight excluding hydrogens is 735 g/mol. The molecule has 7 rings (SSSR count). The molecule has 12 heteroatoms. The van der Waals surface area contributed by atoms with Crippen molar-refractivity contribution in [3.8, 4) is 0 Å². The van der Waals surface area contributed by atoms with Gasteiger partial charge in [0.15, 0.2) is 0 Å². The molecule has 16 atom stereocenters. The van der Waals surface area contributed by atoms with Crippen molar-refractivity contribution in [2.24, 2.45) is 58.7 Å². The van der Waals surface area contributed by atoms with Gasteiger partial charge in [0.25, 0.3) is 0 Å². The number of aliphatic hydroxyl groups is 3. The van der Waals surface area contributed by atoms with Gasteiger partial charge in [-0.1, -0.05) is 59.3 Å². The quantitative estimate of drug-likeness (QED) is 0.153. The lowest BCUT2D eigenvalue weighted by Gasteiger charge is -2.62. The summed E-state index contributed by atoms with van der Waals surface area (Å²) in [4.78, 5) is 39.8. The minimum atomic E-state index is -0.918. The van der Waals surface area contributed by atoms with Crippen LogP contribution in [0.4, 0.5) is 0 Å². The number of hydrogen-bond acceptors (Lipinski definition) is 10. The molecule has 1 saturated heterocycles. The van der Waals surface area contributed by atoms with Gasteiger partial charge >= 0.3 is 0 Å². The van der Waals surface area contributed by atoms with Crippen molar-refractivity contribution < 1.29 is 34.5 Å². The van der Waals surface area contributed by atoms with Gasteiger partial charge in [-0.05, 0) is 127 Å². The summed E-state index contributed by atoms with van der Waals surface area (Å²) in [5.74, 6) is 1.57. The van der Waals surface area contributed by atoms with Crippen molar-refractivity contribution in [2.45, 2.75) is 166 Å². The van der Waals surface area contributed by atoms with Gasteiger partial charge in [0.1, 0.15) is 12.1 Å². The molecule has 7 fully saturated rings. The van der Waals surface area contributed by atoms with Crippen molar-refractivity contribution in [1.29, 1.82) is 0 Å². The summed E-state index contributed by atoms with van der Waals surface area (Å²) in [6.45, 7) is 8.86. The largest absolute Gasteiger partial charge is 0.395 e. The van der Waals surface area contributed by atoms with Gasteiger partial charge in [-0.2, -0.15) is 5.06 Å². The monoisotopic (exact) mass is 818 g/mol. The van der Waals surface area contributed by atoms with Crippen LogP contribution < -0.4 is 10.6 Å². The van der Waals surface area contributed by atoms with Crippen LogP contribution in [-0.2, 0) is 19.2 Å². The first-order valence-corrected chi connectivity index (χ1v) is 23.4. The number of nitrogens with zero attached hydrogens (tertiary/aromatic N) is 3. The molecule has 0 aromatic heterocycles. The maximum Gasteiger partial charge on any atom is 0.240 e. The fourth-order valence-electron chi connectivity index (χ4n) is 13.6. The normalized spacial score (nSPS) is 39.9. The number of fused-ring (bicyclic) bond motifs is 2. The molecule has 1 heterocycles. The second-order valence-corrected chi connectivity index (χ2v) is 21.2. The van der Waals surface area contributed by atoms with Crippen LogP contribution in [0.5, 0.6) is 0 Å². The molecule has 7 unspecified atom stereocenters. The summed E-state index contributed by atoms with van der Waals surface area (Å²) in [6.07, 6.45) is 13.0. The Balaban J connectivity index is 1.20. The number of likely N-dealkylation sites (N-methyl/N-ethyl adjacent to an activating group) is 1. The van der Waals surface area contributed by atoms with E-state index in [4.69, 9.17) is 9.57 Å². The minimum absolute atomic E-state index is 0.0267. The van der Waals surface area contributed by atoms with E-state index in [1.165, 1.54) is 38.5 Å². The number of hydrogen-bond donors (Lipinski definition) is 5. The van der Waals surface area contributed by atoms with Crippen LogP contribution in [0, 0.1) is 58.7 Å². The van der Waals surface area contributed by atoms with E-state index in [2.05, 4.69) is 69.4 Å². The number of amides is 2.